The molecule has 0 spiro atoms. The van der Waals surface area contributed by atoms with Crippen LogP contribution in [-0.2, 0) is 9.84 Å². The summed E-state index contributed by atoms with van der Waals surface area (Å²) in [6, 6.07) is 4.82. The lowest BCUT2D eigenvalue weighted by Crippen LogP contribution is -2.05. The minimum atomic E-state index is -3.12. The molecule has 1 aliphatic rings. The number of sulfone groups is 1. The van der Waals surface area contributed by atoms with Gasteiger partial charge < -0.3 is 5.32 Å². The highest BCUT2D eigenvalue weighted by Crippen LogP contribution is 2.28. The fraction of sp³-hybridized carbons (Fsp3) is 0.333. The van der Waals surface area contributed by atoms with Crippen LogP contribution in [0.5, 0.6) is 0 Å². The molecule has 1 aromatic carbocycles. The maximum absolute atomic E-state index is 11.7. The molecule has 2 rings (SSSR count). The smallest absolute Gasteiger partial charge is 0.180 e. The van der Waals surface area contributed by atoms with Crippen LogP contribution >= 0.6 is 11.6 Å². The third-order valence-corrected chi connectivity index (χ3v) is 4.27. The Bertz CT molecular complexity index is 456. The largest absolute Gasteiger partial charge is 0.384 e. The van der Waals surface area contributed by atoms with E-state index in [9.17, 15) is 8.42 Å². The Hall–Kier alpha value is -0.740. The number of benzene rings is 1. The molecule has 0 aliphatic carbocycles. The van der Waals surface area contributed by atoms with Crippen molar-refractivity contribution >= 4 is 27.1 Å². The molecular formula is C9H10ClNO2S. The van der Waals surface area contributed by atoms with E-state index in [1.807, 2.05) is 0 Å². The van der Waals surface area contributed by atoms with E-state index in [1.54, 1.807) is 18.2 Å². The minimum Gasteiger partial charge on any atom is -0.384 e. The first kappa shape index (κ1) is 9.80. The summed E-state index contributed by atoms with van der Waals surface area (Å²) in [4.78, 5) is 0.361. The normalized spacial score (nSPS) is 19.2. The van der Waals surface area contributed by atoms with Crippen LogP contribution in [-0.4, -0.2) is 20.7 Å². The molecule has 1 N–H and O–H groups in total. The lowest BCUT2D eigenvalue weighted by atomic mass is 10.3. The van der Waals surface area contributed by atoms with Gasteiger partial charge in [-0.25, -0.2) is 8.42 Å². The molecular weight excluding hydrogens is 222 g/mol. The van der Waals surface area contributed by atoms with Crippen LogP contribution in [0.25, 0.3) is 0 Å². The standard InChI is InChI=1S/C9H10ClNO2S/c10-7-2-3-9-8(6-7)11-4-1-5-14(9,12)13/h2-3,6,11H,1,4-5H2. The average molecular weight is 232 g/mol. The van der Waals surface area contributed by atoms with Crippen molar-refractivity contribution in [1.29, 1.82) is 0 Å². The molecule has 1 aromatic rings. The van der Waals surface area contributed by atoms with E-state index in [0.717, 1.165) is 0 Å². The highest BCUT2D eigenvalue weighted by molar-refractivity contribution is 7.91. The summed E-state index contributed by atoms with van der Waals surface area (Å²) >= 11 is 5.79. The van der Waals surface area contributed by atoms with Gasteiger partial charge in [-0.3, -0.25) is 0 Å². The first-order valence-electron chi connectivity index (χ1n) is 4.36. The number of nitrogens with one attached hydrogen (secondary N) is 1. The summed E-state index contributed by atoms with van der Waals surface area (Å²) in [5.41, 5.74) is 0.620. The molecule has 14 heavy (non-hydrogen) atoms. The highest BCUT2D eigenvalue weighted by atomic mass is 35.5. The van der Waals surface area contributed by atoms with Gasteiger partial charge in [-0.2, -0.15) is 0 Å². The summed E-state index contributed by atoms with van der Waals surface area (Å²) in [6.45, 7) is 0.673. The zero-order chi connectivity index (χ0) is 10.2. The molecule has 1 heterocycles. The van der Waals surface area contributed by atoms with E-state index >= 15 is 0 Å². The van der Waals surface area contributed by atoms with Gasteiger partial charge >= 0.3 is 0 Å². The highest BCUT2D eigenvalue weighted by Gasteiger charge is 2.21. The molecule has 0 unspecified atom stereocenters. The predicted molar refractivity (Wildman–Crippen MR) is 56.6 cm³/mol. The van der Waals surface area contributed by atoms with Crippen molar-refractivity contribution in [3.63, 3.8) is 0 Å². The van der Waals surface area contributed by atoms with Crippen LogP contribution in [0, 0.1) is 0 Å². The van der Waals surface area contributed by atoms with Crippen LogP contribution < -0.4 is 5.32 Å². The maximum Gasteiger partial charge on any atom is 0.180 e. The molecule has 5 heteroatoms. The molecule has 0 fully saturated rings. The van der Waals surface area contributed by atoms with Crippen molar-refractivity contribution in [2.45, 2.75) is 11.3 Å². The number of hydrogen-bond donors (Lipinski definition) is 1. The second-order valence-corrected chi connectivity index (χ2v) is 5.75. The number of halogens is 1. The first-order chi connectivity index (χ1) is 6.59. The maximum atomic E-state index is 11.7. The minimum absolute atomic E-state index is 0.203. The Morgan fingerprint density at radius 2 is 2.14 bits per heavy atom. The van der Waals surface area contributed by atoms with Gasteiger partial charge in [0.25, 0.3) is 0 Å². The molecule has 0 aromatic heterocycles. The van der Waals surface area contributed by atoms with Crippen molar-refractivity contribution in [3.8, 4) is 0 Å². The fourth-order valence-corrected chi connectivity index (χ4v) is 3.16. The van der Waals surface area contributed by atoms with Crippen LogP contribution in [0.2, 0.25) is 5.02 Å². The fourth-order valence-electron chi connectivity index (χ4n) is 1.51. The third-order valence-electron chi connectivity index (χ3n) is 2.18. The molecule has 3 nitrogen and oxygen atoms in total. The van der Waals surface area contributed by atoms with Crippen molar-refractivity contribution in [2.24, 2.45) is 0 Å². The van der Waals surface area contributed by atoms with E-state index in [4.69, 9.17) is 11.6 Å². The molecule has 0 saturated carbocycles. The molecule has 0 amide bonds. The molecule has 0 radical (unpaired) electrons. The Morgan fingerprint density at radius 3 is 2.93 bits per heavy atom. The SMILES string of the molecule is O=S1(=O)CCCNc2cc(Cl)ccc21. The van der Waals surface area contributed by atoms with E-state index < -0.39 is 9.84 Å². The number of rotatable bonds is 0. The van der Waals surface area contributed by atoms with Crippen LogP contribution in [0.4, 0.5) is 5.69 Å². The molecule has 76 valence electrons. The number of anilines is 1. The van der Waals surface area contributed by atoms with Gasteiger partial charge in [0.05, 0.1) is 16.3 Å². The van der Waals surface area contributed by atoms with Crippen molar-refractivity contribution in [2.75, 3.05) is 17.6 Å². The second kappa shape index (κ2) is 3.44. The zero-order valence-electron chi connectivity index (χ0n) is 7.46. The van der Waals surface area contributed by atoms with E-state index in [-0.39, 0.29) is 5.75 Å². The third kappa shape index (κ3) is 1.72. The number of fused-ring (bicyclic) bond motifs is 1. The van der Waals surface area contributed by atoms with Gasteiger partial charge in [0.1, 0.15) is 0 Å². The van der Waals surface area contributed by atoms with Crippen molar-refractivity contribution in [1.82, 2.24) is 0 Å². The summed E-state index contributed by atoms with van der Waals surface area (Å²) in [7, 11) is -3.12. The molecule has 0 atom stereocenters. The van der Waals surface area contributed by atoms with E-state index in [2.05, 4.69) is 5.32 Å². The van der Waals surface area contributed by atoms with Gasteiger partial charge in [-0.1, -0.05) is 11.6 Å². The van der Waals surface area contributed by atoms with Gasteiger partial charge in [0.2, 0.25) is 0 Å². The lowest BCUT2D eigenvalue weighted by Gasteiger charge is -2.06. The van der Waals surface area contributed by atoms with Crippen LogP contribution in [0.3, 0.4) is 0 Å². The molecule has 0 bridgehead atoms. The van der Waals surface area contributed by atoms with Crippen molar-refractivity contribution < 1.29 is 8.42 Å². The summed E-state index contributed by atoms with van der Waals surface area (Å²) in [5.74, 6) is 0.203. The number of hydrogen-bond acceptors (Lipinski definition) is 3. The Labute approximate surface area is 88.0 Å². The summed E-state index contributed by atoms with van der Waals surface area (Å²) in [5, 5.41) is 3.61. The zero-order valence-corrected chi connectivity index (χ0v) is 9.03. The summed E-state index contributed by atoms with van der Waals surface area (Å²) < 4.78 is 23.4. The van der Waals surface area contributed by atoms with Gasteiger partial charge in [-0.15, -0.1) is 0 Å². The molecule has 1 aliphatic heterocycles. The Balaban J connectivity index is 2.62. The lowest BCUT2D eigenvalue weighted by molar-refractivity contribution is 0.596. The van der Waals surface area contributed by atoms with Crippen LogP contribution in [0.15, 0.2) is 23.1 Å². The monoisotopic (exact) mass is 231 g/mol. The first-order valence-corrected chi connectivity index (χ1v) is 6.39. The average Bonchev–Trinajstić information content (AvgIpc) is 2.25. The van der Waals surface area contributed by atoms with Crippen LogP contribution in [0.1, 0.15) is 6.42 Å². The van der Waals surface area contributed by atoms with E-state index in [1.165, 1.54) is 0 Å². The Morgan fingerprint density at radius 1 is 1.36 bits per heavy atom. The predicted octanol–water partition coefficient (Wildman–Crippen LogP) is 1.93. The quantitative estimate of drug-likeness (QED) is 0.742. The topological polar surface area (TPSA) is 46.2 Å². The van der Waals surface area contributed by atoms with E-state index in [0.29, 0.717) is 28.6 Å². The second-order valence-electron chi connectivity index (χ2n) is 3.24. The summed E-state index contributed by atoms with van der Waals surface area (Å²) in [6.07, 6.45) is 0.634. The Kier molecular flexibility index (Phi) is 2.41. The van der Waals surface area contributed by atoms with Gasteiger partial charge in [0, 0.05) is 11.6 Å². The van der Waals surface area contributed by atoms with Gasteiger partial charge in [-0.05, 0) is 24.6 Å². The molecule has 0 saturated heterocycles. The van der Waals surface area contributed by atoms with Gasteiger partial charge in [0.15, 0.2) is 9.84 Å². The van der Waals surface area contributed by atoms with Crippen molar-refractivity contribution in [3.05, 3.63) is 23.2 Å².